The fourth-order valence-electron chi connectivity index (χ4n) is 2.54. The SMILES string of the molecule is CN(C(=O)C1CCC(N)(C#N)CC1)c1ccccc1. The Labute approximate surface area is 113 Å². The second kappa shape index (κ2) is 5.41. The average Bonchev–Trinajstić information content (AvgIpc) is 2.47. The average molecular weight is 257 g/mol. The van der Waals surface area contributed by atoms with Crippen LogP contribution in [0.4, 0.5) is 5.69 Å². The number of hydrogen-bond donors (Lipinski definition) is 1. The Morgan fingerprint density at radius 1 is 1.37 bits per heavy atom. The van der Waals surface area contributed by atoms with Gasteiger partial charge in [0.2, 0.25) is 5.91 Å². The summed E-state index contributed by atoms with van der Waals surface area (Å²) in [5.41, 5.74) is 6.09. The van der Waals surface area contributed by atoms with Crippen molar-refractivity contribution in [2.75, 3.05) is 11.9 Å². The number of anilines is 1. The van der Waals surface area contributed by atoms with Crippen molar-refractivity contribution in [3.63, 3.8) is 0 Å². The molecule has 0 aliphatic heterocycles. The Bertz CT molecular complexity index is 484. The van der Waals surface area contributed by atoms with Crippen molar-refractivity contribution in [2.45, 2.75) is 31.2 Å². The van der Waals surface area contributed by atoms with Gasteiger partial charge in [-0.25, -0.2) is 0 Å². The molecular weight excluding hydrogens is 238 g/mol. The van der Waals surface area contributed by atoms with Crippen molar-refractivity contribution in [3.8, 4) is 6.07 Å². The molecule has 2 N–H and O–H groups in total. The van der Waals surface area contributed by atoms with Gasteiger partial charge >= 0.3 is 0 Å². The Morgan fingerprint density at radius 2 is 1.95 bits per heavy atom. The molecule has 19 heavy (non-hydrogen) atoms. The van der Waals surface area contributed by atoms with E-state index in [2.05, 4.69) is 6.07 Å². The van der Waals surface area contributed by atoms with Crippen LogP contribution < -0.4 is 10.6 Å². The van der Waals surface area contributed by atoms with Crippen molar-refractivity contribution < 1.29 is 4.79 Å². The molecule has 0 aromatic heterocycles. The van der Waals surface area contributed by atoms with Gasteiger partial charge in [-0.2, -0.15) is 5.26 Å². The smallest absolute Gasteiger partial charge is 0.229 e. The van der Waals surface area contributed by atoms with Crippen LogP contribution in [0.15, 0.2) is 30.3 Å². The summed E-state index contributed by atoms with van der Waals surface area (Å²) in [6.07, 6.45) is 2.59. The van der Waals surface area contributed by atoms with Crippen LogP contribution in [0.1, 0.15) is 25.7 Å². The zero-order valence-corrected chi connectivity index (χ0v) is 11.2. The predicted molar refractivity (Wildman–Crippen MR) is 74.3 cm³/mol. The zero-order valence-electron chi connectivity index (χ0n) is 11.2. The van der Waals surface area contributed by atoms with E-state index in [4.69, 9.17) is 11.0 Å². The van der Waals surface area contributed by atoms with Crippen LogP contribution in [0.3, 0.4) is 0 Å². The number of carbonyl (C=O) groups is 1. The first-order chi connectivity index (χ1) is 9.06. The fourth-order valence-corrected chi connectivity index (χ4v) is 2.54. The van der Waals surface area contributed by atoms with Gasteiger partial charge in [0.25, 0.3) is 0 Å². The van der Waals surface area contributed by atoms with E-state index in [9.17, 15) is 4.79 Å². The highest BCUT2D eigenvalue weighted by molar-refractivity contribution is 5.94. The van der Waals surface area contributed by atoms with Crippen LogP contribution >= 0.6 is 0 Å². The number of benzene rings is 1. The summed E-state index contributed by atoms with van der Waals surface area (Å²) in [7, 11) is 1.80. The Balaban J connectivity index is 2.01. The van der Waals surface area contributed by atoms with Crippen LogP contribution in [0.5, 0.6) is 0 Å². The summed E-state index contributed by atoms with van der Waals surface area (Å²) >= 11 is 0. The minimum atomic E-state index is -0.734. The molecule has 0 heterocycles. The molecule has 1 aromatic carbocycles. The largest absolute Gasteiger partial charge is 0.315 e. The van der Waals surface area contributed by atoms with Crippen molar-refractivity contribution >= 4 is 11.6 Å². The van der Waals surface area contributed by atoms with Gasteiger partial charge in [-0.3, -0.25) is 4.79 Å². The summed E-state index contributed by atoms with van der Waals surface area (Å²) in [5, 5.41) is 8.99. The quantitative estimate of drug-likeness (QED) is 0.881. The van der Waals surface area contributed by atoms with E-state index in [1.165, 1.54) is 0 Å². The number of hydrogen-bond acceptors (Lipinski definition) is 3. The summed E-state index contributed by atoms with van der Waals surface area (Å²) in [5.74, 6) is 0.0985. The summed E-state index contributed by atoms with van der Waals surface area (Å²) in [6, 6.07) is 11.8. The number of rotatable bonds is 2. The lowest BCUT2D eigenvalue weighted by Crippen LogP contribution is -2.45. The topological polar surface area (TPSA) is 70.1 Å². The van der Waals surface area contributed by atoms with Crippen molar-refractivity contribution in [2.24, 2.45) is 11.7 Å². The molecule has 100 valence electrons. The van der Waals surface area contributed by atoms with Crippen LogP contribution in [-0.4, -0.2) is 18.5 Å². The van der Waals surface area contributed by atoms with Gasteiger partial charge in [0.15, 0.2) is 0 Å². The van der Waals surface area contributed by atoms with E-state index >= 15 is 0 Å². The van der Waals surface area contributed by atoms with Crippen molar-refractivity contribution in [1.29, 1.82) is 5.26 Å². The lowest BCUT2D eigenvalue weighted by Gasteiger charge is -2.33. The Morgan fingerprint density at radius 3 is 2.47 bits per heavy atom. The summed E-state index contributed by atoms with van der Waals surface area (Å²) in [6.45, 7) is 0. The second-order valence-electron chi connectivity index (χ2n) is 5.28. The number of amides is 1. The molecule has 1 aliphatic rings. The predicted octanol–water partition coefficient (Wildman–Crippen LogP) is 2.06. The molecule has 4 nitrogen and oxygen atoms in total. The molecule has 0 spiro atoms. The Kier molecular flexibility index (Phi) is 3.87. The third-order valence-corrected chi connectivity index (χ3v) is 3.92. The minimum Gasteiger partial charge on any atom is -0.315 e. The van der Waals surface area contributed by atoms with Crippen molar-refractivity contribution in [3.05, 3.63) is 30.3 Å². The van der Waals surface area contributed by atoms with Gasteiger partial charge in [-0.1, -0.05) is 18.2 Å². The van der Waals surface area contributed by atoms with Gasteiger partial charge < -0.3 is 10.6 Å². The highest BCUT2D eigenvalue weighted by Gasteiger charge is 2.35. The van der Waals surface area contributed by atoms with E-state index in [1.54, 1.807) is 11.9 Å². The number of carbonyl (C=O) groups excluding carboxylic acids is 1. The molecule has 1 aromatic rings. The molecule has 1 fully saturated rings. The fraction of sp³-hybridized carbons (Fsp3) is 0.467. The first-order valence-electron chi connectivity index (χ1n) is 6.58. The van der Waals surface area contributed by atoms with Gasteiger partial charge in [-0.15, -0.1) is 0 Å². The summed E-state index contributed by atoms with van der Waals surface area (Å²) < 4.78 is 0. The van der Waals surface area contributed by atoms with E-state index in [0.29, 0.717) is 25.7 Å². The first-order valence-corrected chi connectivity index (χ1v) is 6.58. The third kappa shape index (κ3) is 2.94. The molecule has 0 radical (unpaired) electrons. The highest BCUT2D eigenvalue weighted by atomic mass is 16.2. The lowest BCUT2D eigenvalue weighted by molar-refractivity contribution is -0.123. The lowest BCUT2D eigenvalue weighted by atomic mass is 9.77. The van der Waals surface area contributed by atoms with E-state index in [1.807, 2.05) is 30.3 Å². The van der Waals surface area contributed by atoms with E-state index < -0.39 is 5.54 Å². The number of para-hydroxylation sites is 1. The molecule has 1 aliphatic carbocycles. The minimum absolute atomic E-state index is 0.0183. The maximum atomic E-state index is 12.4. The maximum absolute atomic E-state index is 12.4. The molecule has 2 rings (SSSR count). The van der Waals surface area contributed by atoms with Gasteiger partial charge in [0.05, 0.1) is 6.07 Å². The van der Waals surface area contributed by atoms with Crippen LogP contribution in [0, 0.1) is 17.2 Å². The maximum Gasteiger partial charge on any atom is 0.229 e. The van der Waals surface area contributed by atoms with Crippen molar-refractivity contribution in [1.82, 2.24) is 0 Å². The van der Waals surface area contributed by atoms with Gasteiger partial charge in [0, 0.05) is 18.7 Å². The van der Waals surface area contributed by atoms with Gasteiger partial charge in [-0.05, 0) is 37.8 Å². The summed E-state index contributed by atoms with van der Waals surface area (Å²) in [4.78, 5) is 14.1. The monoisotopic (exact) mass is 257 g/mol. The van der Waals surface area contributed by atoms with E-state index in [0.717, 1.165) is 5.69 Å². The molecule has 1 amide bonds. The Hall–Kier alpha value is -1.86. The van der Waals surface area contributed by atoms with E-state index in [-0.39, 0.29) is 11.8 Å². The number of nitriles is 1. The molecule has 0 atom stereocenters. The molecule has 0 bridgehead atoms. The zero-order chi connectivity index (χ0) is 13.9. The number of nitrogens with two attached hydrogens (primary N) is 1. The molecular formula is C15H19N3O. The van der Waals surface area contributed by atoms with Gasteiger partial charge in [0.1, 0.15) is 5.54 Å². The van der Waals surface area contributed by atoms with Crippen LogP contribution in [-0.2, 0) is 4.79 Å². The third-order valence-electron chi connectivity index (χ3n) is 3.92. The standard InChI is InChI=1S/C15H19N3O/c1-18(13-5-3-2-4-6-13)14(19)12-7-9-15(17,11-16)10-8-12/h2-6,12H,7-10,17H2,1H3. The normalized spacial score (nSPS) is 26.5. The second-order valence-corrected chi connectivity index (χ2v) is 5.28. The van der Waals surface area contributed by atoms with Crippen LogP contribution in [0.25, 0.3) is 0 Å². The molecule has 0 saturated heterocycles. The molecule has 0 unspecified atom stereocenters. The molecule has 4 heteroatoms. The number of nitrogens with zero attached hydrogens (tertiary/aromatic N) is 2. The van der Waals surface area contributed by atoms with Crippen LogP contribution in [0.2, 0.25) is 0 Å². The first kappa shape index (κ1) is 13.6. The molecule has 1 saturated carbocycles. The highest BCUT2D eigenvalue weighted by Crippen LogP contribution is 2.31.